The predicted molar refractivity (Wildman–Crippen MR) is 131 cm³/mol. The summed E-state index contributed by atoms with van der Waals surface area (Å²) in [7, 11) is 1.85. The van der Waals surface area contributed by atoms with Crippen LogP contribution in [-0.2, 0) is 20.1 Å². The Morgan fingerprint density at radius 1 is 1.09 bits per heavy atom. The Morgan fingerprint density at radius 2 is 1.91 bits per heavy atom. The number of amides is 1. The van der Waals surface area contributed by atoms with Gasteiger partial charge in [-0.3, -0.25) is 19.2 Å². The number of carbonyl (C=O) groups is 1. The van der Waals surface area contributed by atoms with E-state index in [1.165, 1.54) is 31.2 Å². The summed E-state index contributed by atoms with van der Waals surface area (Å²) >= 11 is 0. The molecule has 0 saturated heterocycles. The van der Waals surface area contributed by atoms with Gasteiger partial charge >= 0.3 is 0 Å². The van der Waals surface area contributed by atoms with Crippen LogP contribution in [-0.4, -0.2) is 25.9 Å². The van der Waals surface area contributed by atoms with Crippen LogP contribution in [0.25, 0.3) is 21.9 Å². The van der Waals surface area contributed by atoms with Gasteiger partial charge in [0, 0.05) is 30.1 Å². The van der Waals surface area contributed by atoms with Crippen molar-refractivity contribution in [1.29, 1.82) is 0 Å². The van der Waals surface area contributed by atoms with Crippen LogP contribution in [0.5, 0.6) is 0 Å². The van der Waals surface area contributed by atoms with Crippen molar-refractivity contribution in [2.75, 3.05) is 4.90 Å². The summed E-state index contributed by atoms with van der Waals surface area (Å²) < 4.78 is 1.75. The van der Waals surface area contributed by atoms with Gasteiger partial charge in [-0.25, -0.2) is 5.10 Å². The highest BCUT2D eigenvalue weighted by atomic mass is 16.2. The van der Waals surface area contributed by atoms with Gasteiger partial charge in [-0.15, -0.1) is 0 Å². The Bertz CT molecular complexity index is 1500. The van der Waals surface area contributed by atoms with Gasteiger partial charge in [0.25, 0.3) is 11.5 Å². The first-order valence-electron chi connectivity index (χ1n) is 11.7. The summed E-state index contributed by atoms with van der Waals surface area (Å²) in [5.74, 6) is 1.28. The normalized spacial score (nSPS) is 16.1. The van der Waals surface area contributed by atoms with Crippen LogP contribution in [0.2, 0.25) is 0 Å². The van der Waals surface area contributed by atoms with Crippen molar-refractivity contribution in [2.24, 2.45) is 12.8 Å². The molecule has 1 aliphatic heterocycles. The molecule has 2 aromatic carbocycles. The molecule has 1 fully saturated rings. The van der Waals surface area contributed by atoms with Crippen molar-refractivity contribution in [3.63, 3.8) is 0 Å². The highest BCUT2D eigenvalue weighted by Crippen LogP contribution is 2.42. The number of anilines is 1. The number of H-pyrrole nitrogens is 1. The van der Waals surface area contributed by atoms with E-state index in [0.717, 1.165) is 28.1 Å². The van der Waals surface area contributed by atoms with Crippen LogP contribution >= 0.6 is 0 Å². The second kappa shape index (κ2) is 7.92. The summed E-state index contributed by atoms with van der Waals surface area (Å²) in [5.41, 5.74) is 11.2. The van der Waals surface area contributed by atoms with E-state index in [4.69, 9.17) is 5.73 Å². The SMILES string of the molecule is Cn1ncc(-c2ccc3c(=O)[nH]nc(CN)c3c2)c1N1Cc2c(cccc2C2CCCC2)C1=O. The topological polar surface area (TPSA) is 110 Å². The molecule has 6 rings (SSSR count). The molecular weight excluding hydrogens is 428 g/mol. The van der Waals surface area contributed by atoms with Crippen LogP contribution in [0.1, 0.15) is 58.8 Å². The number of nitrogens with one attached hydrogen (secondary N) is 1. The van der Waals surface area contributed by atoms with Crippen molar-refractivity contribution in [3.05, 3.63) is 75.3 Å². The monoisotopic (exact) mass is 454 g/mol. The summed E-state index contributed by atoms with van der Waals surface area (Å²) in [5, 5.41) is 12.3. The molecule has 0 bridgehead atoms. The summed E-state index contributed by atoms with van der Waals surface area (Å²) in [4.78, 5) is 27.7. The number of fused-ring (bicyclic) bond motifs is 2. The molecule has 1 amide bonds. The van der Waals surface area contributed by atoms with Gasteiger partial charge in [0.1, 0.15) is 5.82 Å². The summed E-state index contributed by atoms with van der Waals surface area (Å²) in [6, 6.07) is 11.7. The minimum absolute atomic E-state index is 0.00115. The van der Waals surface area contributed by atoms with E-state index in [1.807, 2.05) is 36.2 Å². The van der Waals surface area contributed by atoms with Gasteiger partial charge in [-0.05, 0) is 53.6 Å². The van der Waals surface area contributed by atoms with Gasteiger partial charge in [0.05, 0.1) is 23.8 Å². The number of nitrogens with zero attached hydrogens (tertiary/aromatic N) is 4. The highest BCUT2D eigenvalue weighted by Gasteiger charge is 2.35. The number of hydrogen-bond donors (Lipinski definition) is 2. The number of benzene rings is 2. The van der Waals surface area contributed by atoms with E-state index >= 15 is 0 Å². The van der Waals surface area contributed by atoms with Crippen LogP contribution in [0, 0.1) is 0 Å². The van der Waals surface area contributed by atoms with Gasteiger partial charge in [0.2, 0.25) is 0 Å². The number of aromatic amines is 1. The number of aryl methyl sites for hydroxylation is 1. The largest absolute Gasteiger partial charge is 0.325 e. The number of carbonyl (C=O) groups excluding carboxylic acids is 1. The molecule has 2 aromatic heterocycles. The molecule has 2 aliphatic rings. The molecule has 0 atom stereocenters. The fourth-order valence-corrected chi connectivity index (χ4v) is 5.64. The zero-order valence-corrected chi connectivity index (χ0v) is 19.0. The van der Waals surface area contributed by atoms with E-state index in [-0.39, 0.29) is 18.0 Å². The number of hydrogen-bond acceptors (Lipinski definition) is 5. The van der Waals surface area contributed by atoms with Crippen molar-refractivity contribution in [1.82, 2.24) is 20.0 Å². The van der Waals surface area contributed by atoms with Crippen LogP contribution < -0.4 is 16.2 Å². The molecule has 172 valence electrons. The van der Waals surface area contributed by atoms with Crippen LogP contribution in [0.3, 0.4) is 0 Å². The first-order chi connectivity index (χ1) is 16.6. The van der Waals surface area contributed by atoms with E-state index in [1.54, 1.807) is 16.9 Å². The lowest BCUT2D eigenvalue weighted by Gasteiger charge is -2.19. The highest BCUT2D eigenvalue weighted by molar-refractivity contribution is 6.11. The minimum atomic E-state index is -0.255. The Morgan fingerprint density at radius 3 is 2.71 bits per heavy atom. The lowest BCUT2D eigenvalue weighted by molar-refractivity contribution is 0.0995. The molecule has 1 aliphatic carbocycles. The maximum Gasteiger partial charge on any atom is 0.272 e. The van der Waals surface area contributed by atoms with E-state index in [2.05, 4.69) is 21.4 Å². The number of aromatic nitrogens is 4. The van der Waals surface area contributed by atoms with Crippen LogP contribution in [0.15, 0.2) is 47.4 Å². The first kappa shape index (κ1) is 20.8. The quantitative estimate of drug-likeness (QED) is 0.490. The summed E-state index contributed by atoms with van der Waals surface area (Å²) in [6.45, 7) is 0.747. The van der Waals surface area contributed by atoms with Gasteiger partial charge in [-0.2, -0.15) is 10.2 Å². The molecule has 0 spiro atoms. The van der Waals surface area contributed by atoms with Gasteiger partial charge < -0.3 is 5.73 Å². The first-order valence-corrected chi connectivity index (χ1v) is 11.7. The molecule has 8 nitrogen and oxygen atoms in total. The Kier molecular flexibility index (Phi) is 4.84. The van der Waals surface area contributed by atoms with Crippen molar-refractivity contribution >= 4 is 22.5 Å². The molecule has 3 heterocycles. The van der Waals surface area contributed by atoms with Crippen LogP contribution in [0.4, 0.5) is 5.82 Å². The van der Waals surface area contributed by atoms with E-state index < -0.39 is 0 Å². The minimum Gasteiger partial charge on any atom is -0.325 e. The Balaban J connectivity index is 1.45. The smallest absolute Gasteiger partial charge is 0.272 e. The predicted octanol–water partition coefficient (Wildman–Crippen LogP) is 3.60. The van der Waals surface area contributed by atoms with E-state index in [9.17, 15) is 9.59 Å². The third-order valence-corrected chi connectivity index (χ3v) is 7.33. The maximum atomic E-state index is 13.6. The van der Waals surface area contributed by atoms with Crippen molar-refractivity contribution in [2.45, 2.75) is 44.7 Å². The zero-order chi connectivity index (χ0) is 23.4. The molecule has 34 heavy (non-hydrogen) atoms. The Labute approximate surface area is 196 Å². The molecule has 0 radical (unpaired) electrons. The Hall–Kier alpha value is -3.78. The fraction of sp³-hybridized carbons (Fsp3) is 0.308. The molecule has 0 unspecified atom stereocenters. The fourth-order valence-electron chi connectivity index (χ4n) is 5.64. The molecular formula is C26H26N6O2. The lowest BCUT2D eigenvalue weighted by Crippen LogP contribution is -2.26. The third kappa shape index (κ3) is 3.09. The van der Waals surface area contributed by atoms with Gasteiger partial charge in [-0.1, -0.05) is 31.0 Å². The number of nitrogens with two attached hydrogens (primary N) is 1. The maximum absolute atomic E-state index is 13.6. The molecule has 4 aromatic rings. The number of rotatable bonds is 4. The third-order valence-electron chi connectivity index (χ3n) is 7.33. The zero-order valence-electron chi connectivity index (χ0n) is 19.0. The van der Waals surface area contributed by atoms with Crippen molar-refractivity contribution < 1.29 is 4.79 Å². The van der Waals surface area contributed by atoms with E-state index in [0.29, 0.717) is 28.9 Å². The lowest BCUT2D eigenvalue weighted by atomic mass is 9.91. The average Bonchev–Trinajstić information content (AvgIpc) is 3.59. The van der Waals surface area contributed by atoms with Crippen molar-refractivity contribution in [3.8, 4) is 11.1 Å². The molecule has 3 N–H and O–H groups in total. The summed E-state index contributed by atoms with van der Waals surface area (Å²) in [6.07, 6.45) is 6.66. The second-order valence-corrected chi connectivity index (χ2v) is 9.22. The van der Waals surface area contributed by atoms with Gasteiger partial charge in [0.15, 0.2) is 0 Å². The second-order valence-electron chi connectivity index (χ2n) is 9.22. The standard InChI is InChI=1S/C26H26N6O2/c1-31-25(32-14-22-17(15-5-2-3-6-15)7-4-8-19(22)26(32)34)21(13-28-31)16-9-10-18-20(11-16)23(12-27)29-30-24(18)33/h4,7-11,13,15H,2-3,5-6,12,14,27H2,1H3,(H,30,33). The average molecular weight is 455 g/mol. The molecule has 8 heteroatoms. The molecule has 1 saturated carbocycles.